The molecule has 0 aliphatic heterocycles. The molecule has 0 spiro atoms. The highest BCUT2D eigenvalue weighted by molar-refractivity contribution is 7.89. The Bertz CT molecular complexity index is 1190. The van der Waals surface area contributed by atoms with Gasteiger partial charge in [-0.15, -0.1) is 0 Å². The summed E-state index contributed by atoms with van der Waals surface area (Å²) in [6.45, 7) is 0.967. The number of ether oxygens (including phenoxy) is 1. The molecule has 0 bridgehead atoms. The van der Waals surface area contributed by atoms with Crippen LogP contribution in [0.1, 0.15) is 17.3 Å². The number of nitrogens with zero attached hydrogens (tertiary/aromatic N) is 1. The molecule has 0 fully saturated rings. The number of Topliss-reactive ketones (excluding diaryl/α,β-unsaturated/α-hetero) is 1. The fourth-order valence-corrected chi connectivity index (χ4v) is 3.98. The molecule has 0 radical (unpaired) electrons. The molecule has 3 rings (SSSR count). The van der Waals surface area contributed by atoms with Crippen molar-refractivity contribution in [3.05, 3.63) is 84.4 Å². The Hall–Kier alpha value is -3.49. The van der Waals surface area contributed by atoms with Crippen LogP contribution >= 0.6 is 0 Å². The molecule has 3 aromatic rings. The van der Waals surface area contributed by atoms with Gasteiger partial charge in [-0.25, -0.2) is 8.42 Å². The van der Waals surface area contributed by atoms with Gasteiger partial charge < -0.3 is 10.1 Å². The lowest BCUT2D eigenvalue weighted by molar-refractivity contribution is -0.116. The number of nitrogens with one attached hydrogen (secondary N) is 1. The zero-order chi connectivity index (χ0) is 22.4. The van der Waals surface area contributed by atoms with Gasteiger partial charge in [-0.3, -0.25) is 9.59 Å². The fourth-order valence-electron chi connectivity index (χ4n) is 2.81. The first-order valence-corrected chi connectivity index (χ1v) is 10.9. The van der Waals surface area contributed by atoms with Crippen molar-refractivity contribution >= 4 is 27.4 Å². The summed E-state index contributed by atoms with van der Waals surface area (Å²) >= 11 is 0. The summed E-state index contributed by atoms with van der Waals surface area (Å²) in [6.07, 6.45) is 0. The Morgan fingerprint density at radius 3 is 2.29 bits per heavy atom. The number of carbonyl (C=O) groups excluding carboxylic acids is 2. The molecule has 31 heavy (non-hydrogen) atoms. The van der Waals surface area contributed by atoms with Crippen molar-refractivity contribution in [3.63, 3.8) is 0 Å². The average Bonchev–Trinajstić information content (AvgIpc) is 2.74. The summed E-state index contributed by atoms with van der Waals surface area (Å²) in [4.78, 5) is 23.9. The summed E-state index contributed by atoms with van der Waals surface area (Å²) in [5, 5.41) is 2.67. The highest BCUT2D eigenvalue weighted by atomic mass is 32.2. The Morgan fingerprint density at radius 2 is 1.58 bits per heavy atom. The van der Waals surface area contributed by atoms with Crippen LogP contribution in [0.3, 0.4) is 0 Å². The van der Waals surface area contributed by atoms with Crippen LogP contribution in [0.4, 0.5) is 5.69 Å². The van der Waals surface area contributed by atoms with Crippen molar-refractivity contribution in [1.29, 1.82) is 0 Å². The van der Waals surface area contributed by atoms with E-state index in [9.17, 15) is 18.0 Å². The molecule has 0 aromatic heterocycles. The van der Waals surface area contributed by atoms with E-state index in [0.29, 0.717) is 17.2 Å². The first-order chi connectivity index (χ1) is 14.8. The molecule has 0 atom stereocenters. The second-order valence-electron chi connectivity index (χ2n) is 6.84. The molecule has 8 heteroatoms. The first kappa shape index (κ1) is 22.2. The van der Waals surface area contributed by atoms with Crippen LogP contribution in [0.15, 0.2) is 83.8 Å². The van der Waals surface area contributed by atoms with Gasteiger partial charge in [-0.1, -0.05) is 36.4 Å². The summed E-state index contributed by atoms with van der Waals surface area (Å²) in [5.74, 6) is 0.441. The maximum atomic E-state index is 12.8. The molecule has 7 nitrogen and oxygen atoms in total. The number of hydrogen-bond acceptors (Lipinski definition) is 5. The highest BCUT2D eigenvalue weighted by Crippen LogP contribution is 2.24. The van der Waals surface area contributed by atoms with Crippen molar-refractivity contribution in [3.8, 4) is 11.5 Å². The third-order valence-electron chi connectivity index (χ3n) is 4.41. The molecule has 160 valence electrons. The normalized spacial score (nSPS) is 11.2. The molecular weight excluding hydrogens is 416 g/mol. The van der Waals surface area contributed by atoms with Crippen LogP contribution in [0, 0.1) is 0 Å². The van der Waals surface area contributed by atoms with Gasteiger partial charge >= 0.3 is 0 Å². The van der Waals surface area contributed by atoms with E-state index in [-0.39, 0.29) is 16.2 Å². The third kappa shape index (κ3) is 5.78. The summed E-state index contributed by atoms with van der Waals surface area (Å²) < 4.78 is 32.2. The number of ketones is 1. The molecule has 0 aliphatic rings. The number of sulfonamides is 1. The number of carbonyl (C=O) groups is 2. The van der Waals surface area contributed by atoms with Gasteiger partial charge in [-0.05, 0) is 43.3 Å². The predicted octanol–water partition coefficient (Wildman–Crippen LogP) is 3.94. The van der Waals surface area contributed by atoms with Crippen molar-refractivity contribution in [2.75, 3.05) is 18.9 Å². The second-order valence-corrected chi connectivity index (χ2v) is 8.88. The smallest absolute Gasteiger partial charge is 0.243 e. The maximum absolute atomic E-state index is 12.8. The number of rotatable bonds is 8. The number of likely N-dealkylation sites (N-methyl/N-ethyl adjacent to an activating group) is 1. The maximum Gasteiger partial charge on any atom is 0.243 e. The summed E-state index contributed by atoms with van der Waals surface area (Å²) in [5.41, 5.74) is 0.761. The van der Waals surface area contributed by atoms with E-state index >= 15 is 0 Å². The number of anilines is 1. The zero-order valence-electron chi connectivity index (χ0n) is 17.1. The van der Waals surface area contributed by atoms with Crippen molar-refractivity contribution in [1.82, 2.24) is 4.31 Å². The van der Waals surface area contributed by atoms with Gasteiger partial charge in [-0.2, -0.15) is 4.31 Å². The molecule has 0 saturated heterocycles. The number of benzene rings is 3. The van der Waals surface area contributed by atoms with E-state index in [1.165, 1.54) is 32.2 Å². The minimum atomic E-state index is -3.94. The molecule has 1 amide bonds. The van der Waals surface area contributed by atoms with Crippen LogP contribution in [-0.4, -0.2) is 38.0 Å². The molecule has 1 N–H and O–H groups in total. The van der Waals surface area contributed by atoms with E-state index in [1.54, 1.807) is 30.3 Å². The lowest BCUT2D eigenvalue weighted by atomic mass is 10.2. The number of para-hydroxylation sites is 1. The van der Waals surface area contributed by atoms with Crippen LogP contribution in [0.25, 0.3) is 0 Å². The highest BCUT2D eigenvalue weighted by Gasteiger charge is 2.23. The largest absolute Gasteiger partial charge is 0.457 e. The molecule has 3 aromatic carbocycles. The fraction of sp³-hybridized carbons (Fsp3) is 0.130. The van der Waals surface area contributed by atoms with Gasteiger partial charge in [0.05, 0.1) is 11.4 Å². The van der Waals surface area contributed by atoms with Crippen LogP contribution in [-0.2, 0) is 14.8 Å². The minimum absolute atomic E-state index is 0.0474. The first-order valence-electron chi connectivity index (χ1n) is 9.46. The number of amides is 1. The SMILES string of the molecule is CC(=O)c1cccc(S(=O)(=O)N(C)CC(=O)Nc2cccc(Oc3ccccc3)c2)c1. The second kappa shape index (κ2) is 9.55. The van der Waals surface area contributed by atoms with Crippen LogP contribution < -0.4 is 10.1 Å². The van der Waals surface area contributed by atoms with Gasteiger partial charge in [0.15, 0.2) is 5.78 Å². The minimum Gasteiger partial charge on any atom is -0.457 e. The molecule has 0 heterocycles. The Kier molecular flexibility index (Phi) is 6.84. The van der Waals surface area contributed by atoms with E-state index in [0.717, 1.165) is 4.31 Å². The van der Waals surface area contributed by atoms with Gasteiger partial charge in [0.1, 0.15) is 11.5 Å². The topological polar surface area (TPSA) is 92.8 Å². The van der Waals surface area contributed by atoms with Crippen molar-refractivity contribution in [2.45, 2.75) is 11.8 Å². The Labute approximate surface area is 181 Å². The molecule has 0 aliphatic carbocycles. The number of hydrogen-bond donors (Lipinski definition) is 1. The van der Waals surface area contributed by atoms with Gasteiger partial charge in [0, 0.05) is 24.4 Å². The summed E-state index contributed by atoms with van der Waals surface area (Å²) in [7, 11) is -2.63. The quantitative estimate of drug-likeness (QED) is 0.538. The van der Waals surface area contributed by atoms with Crippen molar-refractivity contribution < 1.29 is 22.7 Å². The molecule has 0 saturated carbocycles. The lowest BCUT2D eigenvalue weighted by Gasteiger charge is -2.17. The van der Waals surface area contributed by atoms with E-state index < -0.39 is 22.5 Å². The van der Waals surface area contributed by atoms with E-state index in [4.69, 9.17) is 4.74 Å². The summed E-state index contributed by atoms with van der Waals surface area (Å²) in [6, 6.07) is 21.7. The Balaban J connectivity index is 1.67. The van der Waals surface area contributed by atoms with Crippen LogP contribution in [0.2, 0.25) is 0 Å². The Morgan fingerprint density at radius 1 is 0.903 bits per heavy atom. The van der Waals surface area contributed by atoms with E-state index in [2.05, 4.69) is 5.32 Å². The van der Waals surface area contributed by atoms with Gasteiger partial charge in [0.25, 0.3) is 0 Å². The predicted molar refractivity (Wildman–Crippen MR) is 118 cm³/mol. The zero-order valence-corrected chi connectivity index (χ0v) is 17.9. The van der Waals surface area contributed by atoms with Crippen molar-refractivity contribution in [2.24, 2.45) is 0 Å². The van der Waals surface area contributed by atoms with Gasteiger partial charge in [0.2, 0.25) is 15.9 Å². The monoisotopic (exact) mass is 438 g/mol. The standard InChI is InChI=1S/C23H22N2O5S/c1-17(26)18-8-6-13-22(14-18)31(28,29)25(2)16-23(27)24-19-9-7-12-21(15-19)30-20-10-4-3-5-11-20/h3-15H,16H2,1-2H3,(H,24,27). The third-order valence-corrected chi connectivity index (χ3v) is 6.21. The van der Waals surface area contributed by atoms with E-state index in [1.807, 2.05) is 30.3 Å². The molecular formula is C23H22N2O5S. The van der Waals surface area contributed by atoms with Crippen LogP contribution in [0.5, 0.6) is 11.5 Å². The molecule has 0 unspecified atom stereocenters. The lowest BCUT2D eigenvalue weighted by Crippen LogP contribution is -2.35. The average molecular weight is 439 g/mol.